The number of hydrogen-bond donors (Lipinski definition) is 0. The Bertz CT molecular complexity index is 135. The molecule has 0 aliphatic carbocycles. The largest absolute Gasteiger partial charge is 0.161 e. The van der Waals surface area contributed by atoms with Gasteiger partial charge in [0.1, 0.15) is 0 Å². The summed E-state index contributed by atoms with van der Waals surface area (Å²) >= 11 is 6.46. The van der Waals surface area contributed by atoms with Gasteiger partial charge in [0.2, 0.25) is 0 Å². The Hall–Kier alpha value is 1.05. The molecule has 0 nitrogen and oxygen atoms in total. The molecule has 0 heterocycles. The summed E-state index contributed by atoms with van der Waals surface area (Å²) in [4.78, 5) is 0. The lowest BCUT2D eigenvalue weighted by atomic mass is 10.2. The molecule has 0 radical (unpaired) electrons. The predicted octanol–water partition coefficient (Wildman–Crippen LogP) is 6.35. The summed E-state index contributed by atoms with van der Waals surface area (Å²) < 4.78 is 0. The molecule has 19 heavy (non-hydrogen) atoms. The first-order valence-electron chi connectivity index (χ1n) is 8.15. The van der Waals surface area contributed by atoms with E-state index in [2.05, 4.69) is 49.1 Å². The van der Waals surface area contributed by atoms with E-state index in [-0.39, 0.29) is 0 Å². The summed E-state index contributed by atoms with van der Waals surface area (Å²) in [5.41, 5.74) is 0. The quantitative estimate of drug-likeness (QED) is 0.304. The van der Waals surface area contributed by atoms with Gasteiger partial charge >= 0.3 is 0 Å². The highest BCUT2D eigenvalue weighted by Gasteiger charge is 1.94. The van der Waals surface area contributed by atoms with Crippen LogP contribution in [0.1, 0.15) is 65.2 Å². The second kappa shape index (κ2) is 19.1. The normalized spacial score (nSPS) is 11.1. The van der Waals surface area contributed by atoms with Gasteiger partial charge < -0.3 is 0 Å². The molecule has 0 aromatic heterocycles. The summed E-state index contributed by atoms with van der Waals surface area (Å²) in [6.45, 7) is 4.57. The van der Waals surface area contributed by atoms with Crippen LogP contribution < -0.4 is 0 Å². The molecular formula is C16H34S3. The van der Waals surface area contributed by atoms with Crippen molar-refractivity contribution in [2.24, 2.45) is 0 Å². The summed E-state index contributed by atoms with van der Waals surface area (Å²) in [6.07, 6.45) is 11.3. The van der Waals surface area contributed by atoms with E-state index in [4.69, 9.17) is 0 Å². The Morgan fingerprint density at radius 2 is 0.789 bits per heavy atom. The van der Waals surface area contributed by atoms with Gasteiger partial charge in [0, 0.05) is 23.0 Å². The molecule has 3 heteroatoms. The Labute approximate surface area is 135 Å². The zero-order valence-corrected chi connectivity index (χ0v) is 15.6. The molecule has 0 rings (SSSR count). The van der Waals surface area contributed by atoms with Crippen molar-refractivity contribution in [2.45, 2.75) is 65.2 Å². The lowest BCUT2D eigenvalue weighted by Crippen LogP contribution is -1.92. The predicted molar refractivity (Wildman–Crippen MR) is 100 cm³/mol. The van der Waals surface area contributed by atoms with E-state index in [0.717, 1.165) is 0 Å². The van der Waals surface area contributed by atoms with Crippen LogP contribution in [-0.2, 0) is 0 Å². The summed E-state index contributed by atoms with van der Waals surface area (Å²) in [6, 6.07) is 0. The van der Waals surface area contributed by atoms with Gasteiger partial charge in [0.25, 0.3) is 0 Å². The van der Waals surface area contributed by atoms with Crippen LogP contribution in [0.25, 0.3) is 0 Å². The maximum atomic E-state index is 2.28. The molecule has 0 spiro atoms. The van der Waals surface area contributed by atoms with E-state index in [1.54, 1.807) is 0 Å². The van der Waals surface area contributed by atoms with Gasteiger partial charge in [-0.2, -0.15) is 35.3 Å². The first kappa shape index (κ1) is 20.1. The smallest absolute Gasteiger partial charge is 0.00238 e. The van der Waals surface area contributed by atoms with Crippen LogP contribution in [0.15, 0.2) is 0 Å². The van der Waals surface area contributed by atoms with Crippen molar-refractivity contribution in [1.82, 2.24) is 0 Å². The third-order valence-electron chi connectivity index (χ3n) is 3.03. The van der Waals surface area contributed by atoms with Crippen molar-refractivity contribution in [3.05, 3.63) is 0 Å². The Morgan fingerprint density at radius 1 is 0.421 bits per heavy atom. The van der Waals surface area contributed by atoms with Crippen LogP contribution in [0.2, 0.25) is 0 Å². The van der Waals surface area contributed by atoms with Gasteiger partial charge in [-0.1, -0.05) is 52.4 Å². The highest BCUT2D eigenvalue weighted by molar-refractivity contribution is 8.04. The van der Waals surface area contributed by atoms with Gasteiger partial charge in [-0.15, -0.1) is 0 Å². The van der Waals surface area contributed by atoms with Crippen LogP contribution >= 0.6 is 35.3 Å². The summed E-state index contributed by atoms with van der Waals surface area (Å²) in [5.74, 6) is 8.19. The van der Waals surface area contributed by atoms with Gasteiger partial charge in [0.15, 0.2) is 0 Å². The van der Waals surface area contributed by atoms with Crippen LogP contribution in [0.5, 0.6) is 0 Å². The molecule has 0 saturated heterocycles. The van der Waals surface area contributed by atoms with Crippen molar-refractivity contribution in [1.29, 1.82) is 0 Å². The van der Waals surface area contributed by atoms with E-state index >= 15 is 0 Å². The van der Waals surface area contributed by atoms with Crippen molar-refractivity contribution in [3.8, 4) is 0 Å². The van der Waals surface area contributed by atoms with Crippen LogP contribution in [-0.4, -0.2) is 34.5 Å². The van der Waals surface area contributed by atoms with Crippen LogP contribution in [0, 0.1) is 0 Å². The molecule has 0 aromatic rings. The van der Waals surface area contributed by atoms with Crippen molar-refractivity contribution in [2.75, 3.05) is 34.5 Å². The van der Waals surface area contributed by atoms with Crippen LogP contribution in [0.3, 0.4) is 0 Å². The first-order chi connectivity index (χ1) is 9.41. The van der Waals surface area contributed by atoms with E-state index in [1.165, 1.54) is 85.9 Å². The third kappa shape index (κ3) is 19.0. The van der Waals surface area contributed by atoms with E-state index in [9.17, 15) is 0 Å². The van der Waals surface area contributed by atoms with Crippen molar-refractivity contribution in [3.63, 3.8) is 0 Å². The standard InChI is InChI=1S/C16H34S3/c1-3-5-7-9-11-17-13-15-19-16-14-18-12-10-8-6-4-2/h3-16H2,1-2H3. The summed E-state index contributed by atoms with van der Waals surface area (Å²) in [5, 5.41) is 0. The molecule has 0 unspecified atom stereocenters. The van der Waals surface area contributed by atoms with Crippen molar-refractivity contribution >= 4 is 35.3 Å². The molecule has 0 fully saturated rings. The molecule has 0 bridgehead atoms. The molecular weight excluding hydrogens is 288 g/mol. The van der Waals surface area contributed by atoms with E-state index < -0.39 is 0 Å². The Kier molecular flexibility index (Phi) is 20.1. The lowest BCUT2D eigenvalue weighted by Gasteiger charge is -2.03. The molecule has 0 aromatic carbocycles. The number of thioether (sulfide) groups is 3. The zero-order valence-electron chi connectivity index (χ0n) is 13.1. The van der Waals surface area contributed by atoms with Gasteiger partial charge in [-0.3, -0.25) is 0 Å². The Balaban J connectivity index is 2.88. The van der Waals surface area contributed by atoms with Crippen molar-refractivity contribution < 1.29 is 0 Å². The van der Waals surface area contributed by atoms with Gasteiger partial charge in [0.05, 0.1) is 0 Å². The molecule has 0 aliphatic heterocycles. The molecule has 116 valence electrons. The number of unbranched alkanes of at least 4 members (excludes halogenated alkanes) is 6. The zero-order chi connectivity index (χ0) is 14.0. The molecule has 0 saturated carbocycles. The lowest BCUT2D eigenvalue weighted by molar-refractivity contribution is 0.706. The number of hydrogen-bond acceptors (Lipinski definition) is 3. The molecule has 0 aliphatic rings. The monoisotopic (exact) mass is 322 g/mol. The second-order valence-corrected chi connectivity index (χ2v) is 8.63. The minimum absolute atomic E-state index is 1.36. The van der Waals surface area contributed by atoms with Crippen LogP contribution in [0.4, 0.5) is 0 Å². The average Bonchev–Trinajstić information content (AvgIpc) is 2.43. The molecule has 0 N–H and O–H groups in total. The fourth-order valence-corrected chi connectivity index (χ4v) is 5.12. The minimum atomic E-state index is 1.36. The first-order valence-corrected chi connectivity index (χ1v) is 11.6. The Morgan fingerprint density at radius 3 is 1.16 bits per heavy atom. The SMILES string of the molecule is CCCCCCSCCSCCSCCCCCC. The maximum Gasteiger partial charge on any atom is 0.00238 e. The summed E-state index contributed by atoms with van der Waals surface area (Å²) in [7, 11) is 0. The van der Waals surface area contributed by atoms with E-state index in [1.807, 2.05) is 0 Å². The van der Waals surface area contributed by atoms with Gasteiger partial charge in [-0.05, 0) is 24.3 Å². The molecule has 0 amide bonds. The highest BCUT2D eigenvalue weighted by Crippen LogP contribution is 2.13. The highest BCUT2D eigenvalue weighted by atomic mass is 32.2. The third-order valence-corrected chi connectivity index (χ3v) is 6.67. The minimum Gasteiger partial charge on any atom is -0.161 e. The fourth-order valence-electron chi connectivity index (χ4n) is 1.80. The fraction of sp³-hybridized carbons (Fsp3) is 1.00. The average molecular weight is 323 g/mol. The second-order valence-electron chi connectivity index (χ2n) is 4.96. The number of rotatable bonds is 16. The maximum absolute atomic E-state index is 2.28. The topological polar surface area (TPSA) is 0 Å². The van der Waals surface area contributed by atoms with E-state index in [0.29, 0.717) is 0 Å². The van der Waals surface area contributed by atoms with Gasteiger partial charge in [-0.25, -0.2) is 0 Å². The molecule has 0 atom stereocenters.